The Morgan fingerprint density at radius 3 is 2.77 bits per heavy atom. The summed E-state index contributed by atoms with van der Waals surface area (Å²) in [6.45, 7) is 4.39. The van der Waals surface area contributed by atoms with Gasteiger partial charge in [-0.05, 0) is 36.2 Å². The van der Waals surface area contributed by atoms with Crippen molar-refractivity contribution >= 4 is 33.4 Å². The minimum atomic E-state index is -0.198. The van der Waals surface area contributed by atoms with Gasteiger partial charge in [-0.15, -0.1) is 0 Å². The number of nitrogens with one attached hydrogen (secondary N) is 1. The van der Waals surface area contributed by atoms with E-state index in [-0.39, 0.29) is 5.91 Å². The first-order chi connectivity index (χ1) is 15.0. The smallest absolute Gasteiger partial charge is 0.256 e. The summed E-state index contributed by atoms with van der Waals surface area (Å²) in [6.07, 6.45) is 3.52. The maximum atomic E-state index is 13.1. The van der Waals surface area contributed by atoms with Gasteiger partial charge in [-0.3, -0.25) is 14.2 Å². The Bertz CT molecular complexity index is 1440. The summed E-state index contributed by atoms with van der Waals surface area (Å²) in [6, 6.07) is 16.3. The van der Waals surface area contributed by atoms with Crippen molar-refractivity contribution in [3.8, 4) is 0 Å². The molecule has 0 atom stereocenters. The first-order valence-electron chi connectivity index (χ1n) is 10.1. The minimum Gasteiger partial charge on any atom is -0.319 e. The molecule has 0 bridgehead atoms. The summed E-state index contributed by atoms with van der Waals surface area (Å²) < 4.78 is 3.54. The highest BCUT2D eigenvalue weighted by Gasteiger charge is 2.18. The Kier molecular flexibility index (Phi) is 4.51. The molecule has 3 aromatic heterocycles. The van der Waals surface area contributed by atoms with E-state index in [1.54, 1.807) is 16.9 Å². The quantitative estimate of drug-likeness (QED) is 0.481. The standard InChI is InChI=1S/C24H22N6O/c1-15-11-21(22-16(2)28-29(3)23(22)26-15)24(31)27-19-12-25-30(14-19)13-18-9-6-8-17-7-4-5-10-20(17)18/h4-12,14H,13H2,1-3H3,(H,27,31). The third kappa shape index (κ3) is 3.44. The van der Waals surface area contributed by atoms with Crippen LogP contribution in [-0.4, -0.2) is 30.5 Å². The van der Waals surface area contributed by atoms with E-state index < -0.39 is 0 Å². The zero-order valence-electron chi connectivity index (χ0n) is 17.6. The van der Waals surface area contributed by atoms with Crippen molar-refractivity contribution in [2.75, 3.05) is 5.32 Å². The molecule has 154 valence electrons. The summed E-state index contributed by atoms with van der Waals surface area (Å²) in [4.78, 5) is 17.6. The van der Waals surface area contributed by atoms with E-state index in [0.717, 1.165) is 16.8 Å². The number of aryl methyl sites for hydroxylation is 3. The molecule has 0 aliphatic heterocycles. The minimum absolute atomic E-state index is 0.198. The number of nitrogens with zero attached hydrogens (tertiary/aromatic N) is 5. The molecule has 0 spiro atoms. The second kappa shape index (κ2) is 7.36. The molecule has 7 nitrogen and oxygen atoms in total. The molecular weight excluding hydrogens is 388 g/mol. The molecule has 2 aromatic carbocycles. The summed E-state index contributed by atoms with van der Waals surface area (Å²) in [5.41, 5.74) is 4.64. The highest BCUT2D eigenvalue weighted by Crippen LogP contribution is 2.23. The number of benzene rings is 2. The number of fused-ring (bicyclic) bond motifs is 2. The van der Waals surface area contributed by atoms with Crippen LogP contribution in [0.1, 0.15) is 27.3 Å². The molecule has 1 N–H and O–H groups in total. The van der Waals surface area contributed by atoms with Crippen LogP contribution in [0.15, 0.2) is 60.9 Å². The number of carbonyl (C=O) groups excluding carboxylic acids is 1. The second-order valence-corrected chi connectivity index (χ2v) is 7.74. The van der Waals surface area contributed by atoms with Gasteiger partial charge in [-0.2, -0.15) is 10.2 Å². The third-order valence-corrected chi connectivity index (χ3v) is 5.44. The normalized spacial score (nSPS) is 11.3. The van der Waals surface area contributed by atoms with Crippen molar-refractivity contribution in [2.24, 2.45) is 7.05 Å². The van der Waals surface area contributed by atoms with Gasteiger partial charge in [0, 0.05) is 18.9 Å². The predicted molar refractivity (Wildman–Crippen MR) is 121 cm³/mol. The van der Waals surface area contributed by atoms with Crippen LogP contribution in [0, 0.1) is 13.8 Å². The van der Waals surface area contributed by atoms with Crippen LogP contribution in [0.2, 0.25) is 0 Å². The zero-order chi connectivity index (χ0) is 21.5. The molecule has 3 heterocycles. The number of hydrogen-bond donors (Lipinski definition) is 1. The van der Waals surface area contributed by atoms with Crippen molar-refractivity contribution in [2.45, 2.75) is 20.4 Å². The van der Waals surface area contributed by atoms with Crippen LogP contribution in [0.5, 0.6) is 0 Å². The number of aromatic nitrogens is 5. The Morgan fingerprint density at radius 1 is 1.10 bits per heavy atom. The maximum Gasteiger partial charge on any atom is 0.256 e. The zero-order valence-corrected chi connectivity index (χ0v) is 17.6. The van der Waals surface area contributed by atoms with Crippen LogP contribution >= 0.6 is 0 Å². The lowest BCUT2D eigenvalue weighted by Gasteiger charge is -2.07. The average molecular weight is 410 g/mol. The van der Waals surface area contributed by atoms with Gasteiger partial charge in [0.2, 0.25) is 0 Å². The van der Waals surface area contributed by atoms with Crippen LogP contribution in [0.3, 0.4) is 0 Å². The number of carbonyl (C=O) groups is 1. The number of pyridine rings is 1. The highest BCUT2D eigenvalue weighted by atomic mass is 16.1. The lowest BCUT2D eigenvalue weighted by Crippen LogP contribution is -2.13. The molecule has 5 rings (SSSR count). The largest absolute Gasteiger partial charge is 0.319 e. The molecule has 0 fully saturated rings. The first kappa shape index (κ1) is 19.0. The van der Waals surface area contributed by atoms with E-state index in [4.69, 9.17) is 0 Å². The molecule has 0 saturated heterocycles. The fraction of sp³-hybridized carbons (Fsp3) is 0.167. The van der Waals surface area contributed by atoms with E-state index >= 15 is 0 Å². The first-order valence-corrected chi connectivity index (χ1v) is 10.1. The van der Waals surface area contributed by atoms with Crippen molar-refractivity contribution in [1.82, 2.24) is 24.5 Å². The van der Waals surface area contributed by atoms with E-state index in [1.807, 2.05) is 43.9 Å². The van der Waals surface area contributed by atoms with Gasteiger partial charge in [-0.1, -0.05) is 42.5 Å². The van der Waals surface area contributed by atoms with Gasteiger partial charge in [0.25, 0.3) is 5.91 Å². The Balaban J connectivity index is 1.41. The molecule has 0 saturated carbocycles. The SMILES string of the molecule is Cc1cc(C(=O)Nc2cnn(Cc3cccc4ccccc34)c2)c2c(C)nn(C)c2n1. The lowest BCUT2D eigenvalue weighted by atomic mass is 10.0. The topological polar surface area (TPSA) is 77.6 Å². The Hall–Kier alpha value is -4.00. The molecule has 0 aliphatic rings. The molecule has 5 aromatic rings. The van der Waals surface area contributed by atoms with Gasteiger partial charge in [0.1, 0.15) is 0 Å². The molecule has 0 unspecified atom stereocenters. The Morgan fingerprint density at radius 2 is 1.90 bits per heavy atom. The monoisotopic (exact) mass is 410 g/mol. The molecule has 0 aliphatic carbocycles. The fourth-order valence-electron chi connectivity index (χ4n) is 4.07. The van der Waals surface area contributed by atoms with Gasteiger partial charge < -0.3 is 5.32 Å². The van der Waals surface area contributed by atoms with E-state index in [1.165, 1.54) is 16.3 Å². The molecule has 7 heteroatoms. The van der Waals surface area contributed by atoms with Crippen molar-refractivity contribution in [3.63, 3.8) is 0 Å². The molecule has 0 radical (unpaired) electrons. The highest BCUT2D eigenvalue weighted by molar-refractivity contribution is 6.12. The number of hydrogen-bond acceptors (Lipinski definition) is 4. The third-order valence-electron chi connectivity index (χ3n) is 5.44. The van der Waals surface area contributed by atoms with Crippen LogP contribution in [-0.2, 0) is 13.6 Å². The van der Waals surface area contributed by atoms with Gasteiger partial charge >= 0.3 is 0 Å². The van der Waals surface area contributed by atoms with Gasteiger partial charge in [0.05, 0.1) is 35.1 Å². The van der Waals surface area contributed by atoms with Gasteiger partial charge in [0.15, 0.2) is 5.65 Å². The Labute approximate surface area is 179 Å². The number of anilines is 1. The van der Waals surface area contributed by atoms with E-state index in [9.17, 15) is 4.79 Å². The summed E-state index contributed by atoms with van der Waals surface area (Å²) in [5.74, 6) is -0.198. The van der Waals surface area contributed by atoms with Crippen molar-refractivity contribution in [1.29, 1.82) is 0 Å². The number of rotatable bonds is 4. The second-order valence-electron chi connectivity index (χ2n) is 7.74. The number of amides is 1. The summed E-state index contributed by atoms with van der Waals surface area (Å²) in [7, 11) is 1.83. The molecule has 31 heavy (non-hydrogen) atoms. The molecular formula is C24H22N6O. The van der Waals surface area contributed by atoms with E-state index in [2.05, 4.69) is 50.8 Å². The van der Waals surface area contributed by atoms with Crippen molar-refractivity contribution < 1.29 is 4.79 Å². The summed E-state index contributed by atoms with van der Waals surface area (Å²) >= 11 is 0. The lowest BCUT2D eigenvalue weighted by molar-refractivity contribution is 0.102. The van der Waals surface area contributed by atoms with Gasteiger partial charge in [-0.25, -0.2) is 4.98 Å². The van der Waals surface area contributed by atoms with Crippen LogP contribution < -0.4 is 5.32 Å². The predicted octanol–water partition coefficient (Wildman–Crippen LogP) is 4.24. The van der Waals surface area contributed by atoms with Crippen LogP contribution in [0.25, 0.3) is 21.8 Å². The average Bonchev–Trinajstić information content (AvgIpc) is 3.31. The van der Waals surface area contributed by atoms with E-state index in [0.29, 0.717) is 23.4 Å². The van der Waals surface area contributed by atoms with Crippen LogP contribution in [0.4, 0.5) is 5.69 Å². The van der Waals surface area contributed by atoms with Crippen molar-refractivity contribution in [3.05, 3.63) is 83.4 Å². The molecule has 1 amide bonds. The summed E-state index contributed by atoms with van der Waals surface area (Å²) in [5, 5.41) is 15.0. The fourth-order valence-corrected chi connectivity index (χ4v) is 4.07. The maximum absolute atomic E-state index is 13.1.